The van der Waals surface area contributed by atoms with Gasteiger partial charge >= 0.3 is 0 Å². The molecular formula is C25H38N6O. The fourth-order valence-corrected chi connectivity index (χ4v) is 4.87. The van der Waals surface area contributed by atoms with Gasteiger partial charge in [0.1, 0.15) is 11.6 Å². The highest BCUT2D eigenvalue weighted by atomic mass is 16.2. The van der Waals surface area contributed by atoms with Crippen LogP contribution in [0.3, 0.4) is 0 Å². The average Bonchev–Trinajstić information content (AvgIpc) is 2.82. The van der Waals surface area contributed by atoms with Crippen LogP contribution in [0.15, 0.2) is 24.3 Å². The highest BCUT2D eigenvalue weighted by Crippen LogP contribution is 2.26. The number of fused-ring (bicyclic) bond motifs is 1. The topological polar surface area (TPSA) is 64.6 Å². The van der Waals surface area contributed by atoms with Crippen molar-refractivity contribution in [2.75, 3.05) is 58.7 Å². The Labute approximate surface area is 192 Å². The molecule has 7 nitrogen and oxygen atoms in total. The quantitative estimate of drug-likeness (QED) is 0.639. The minimum Gasteiger partial charge on any atom is -0.369 e. The molecule has 2 aliphatic rings. The van der Waals surface area contributed by atoms with Gasteiger partial charge in [-0.05, 0) is 52.0 Å². The minimum atomic E-state index is 0.264. The van der Waals surface area contributed by atoms with E-state index in [-0.39, 0.29) is 5.92 Å². The molecule has 2 fully saturated rings. The molecule has 1 N–H and O–H groups in total. The van der Waals surface area contributed by atoms with Crippen LogP contribution in [-0.2, 0) is 11.3 Å². The number of hydrogen-bond acceptors (Lipinski definition) is 6. The summed E-state index contributed by atoms with van der Waals surface area (Å²) in [6.45, 7) is 6.08. The number of amides is 1. The van der Waals surface area contributed by atoms with Crippen LogP contribution in [0.25, 0.3) is 10.9 Å². The van der Waals surface area contributed by atoms with Gasteiger partial charge in [0.25, 0.3) is 0 Å². The van der Waals surface area contributed by atoms with Crippen molar-refractivity contribution in [3.05, 3.63) is 30.1 Å². The molecule has 0 spiro atoms. The Bertz CT molecular complexity index is 887. The number of carbonyl (C=O) groups is 1. The minimum absolute atomic E-state index is 0.264. The summed E-state index contributed by atoms with van der Waals surface area (Å²) in [6.07, 6.45) is 6.93. The van der Waals surface area contributed by atoms with Crippen molar-refractivity contribution in [2.24, 2.45) is 5.92 Å². The first-order valence-corrected chi connectivity index (χ1v) is 12.3. The number of aromatic nitrogens is 2. The molecule has 1 aliphatic carbocycles. The van der Waals surface area contributed by atoms with Crippen LogP contribution >= 0.6 is 0 Å². The second kappa shape index (κ2) is 11.1. The van der Waals surface area contributed by atoms with E-state index in [4.69, 9.17) is 9.97 Å². The summed E-state index contributed by atoms with van der Waals surface area (Å²) >= 11 is 0. The smallest absolute Gasteiger partial charge is 0.225 e. The van der Waals surface area contributed by atoms with E-state index in [0.29, 0.717) is 5.91 Å². The molecule has 7 heteroatoms. The summed E-state index contributed by atoms with van der Waals surface area (Å²) in [7, 11) is 4.20. The van der Waals surface area contributed by atoms with E-state index in [1.807, 2.05) is 12.1 Å². The van der Waals surface area contributed by atoms with Gasteiger partial charge in [0.2, 0.25) is 5.91 Å². The number of nitrogens with one attached hydrogen (secondary N) is 1. The van der Waals surface area contributed by atoms with Crippen LogP contribution < -0.4 is 5.32 Å². The molecule has 1 saturated carbocycles. The molecule has 0 radical (unpaired) electrons. The van der Waals surface area contributed by atoms with Crippen LogP contribution in [0.4, 0.5) is 5.82 Å². The second-order valence-electron chi connectivity index (χ2n) is 9.53. The lowest BCUT2D eigenvalue weighted by atomic mass is 9.88. The van der Waals surface area contributed by atoms with Gasteiger partial charge in [0.15, 0.2) is 0 Å². The predicted molar refractivity (Wildman–Crippen MR) is 130 cm³/mol. The molecule has 1 aromatic heterocycles. The van der Waals surface area contributed by atoms with Crippen molar-refractivity contribution >= 4 is 22.6 Å². The first-order valence-electron chi connectivity index (χ1n) is 12.3. The van der Waals surface area contributed by atoms with Gasteiger partial charge in [0, 0.05) is 44.0 Å². The van der Waals surface area contributed by atoms with E-state index < -0.39 is 0 Å². The normalized spacial score (nSPS) is 18.4. The van der Waals surface area contributed by atoms with Crippen LogP contribution in [0.5, 0.6) is 0 Å². The average molecular weight is 439 g/mol. The predicted octanol–water partition coefficient (Wildman–Crippen LogP) is 3.22. The Balaban J connectivity index is 1.36. The van der Waals surface area contributed by atoms with Gasteiger partial charge in [-0.2, -0.15) is 0 Å². The third kappa shape index (κ3) is 5.95. The Hall–Kier alpha value is -2.25. The largest absolute Gasteiger partial charge is 0.369 e. The van der Waals surface area contributed by atoms with Gasteiger partial charge in [-0.15, -0.1) is 0 Å². The summed E-state index contributed by atoms with van der Waals surface area (Å²) in [4.78, 5) is 29.2. The molecule has 1 amide bonds. The van der Waals surface area contributed by atoms with E-state index in [2.05, 4.69) is 46.2 Å². The molecular weight excluding hydrogens is 400 g/mol. The molecule has 0 unspecified atom stereocenters. The molecule has 1 aliphatic heterocycles. The van der Waals surface area contributed by atoms with Crippen molar-refractivity contribution in [3.8, 4) is 0 Å². The molecule has 2 aromatic rings. The van der Waals surface area contributed by atoms with Crippen LogP contribution in [0, 0.1) is 5.92 Å². The summed E-state index contributed by atoms with van der Waals surface area (Å²) in [5, 5.41) is 4.60. The van der Waals surface area contributed by atoms with Crippen LogP contribution in [0.2, 0.25) is 0 Å². The Morgan fingerprint density at radius 1 is 1.06 bits per heavy atom. The third-order valence-electron chi connectivity index (χ3n) is 6.73. The summed E-state index contributed by atoms with van der Waals surface area (Å²) in [5.41, 5.74) is 0.985. The zero-order valence-corrected chi connectivity index (χ0v) is 19.7. The molecule has 0 atom stereocenters. The molecule has 32 heavy (non-hydrogen) atoms. The van der Waals surface area contributed by atoms with Crippen molar-refractivity contribution in [1.82, 2.24) is 24.7 Å². The maximum absolute atomic E-state index is 12.8. The molecule has 0 bridgehead atoms. The number of carbonyl (C=O) groups excluding carboxylic acids is 1. The van der Waals surface area contributed by atoms with Crippen molar-refractivity contribution in [1.29, 1.82) is 0 Å². The Morgan fingerprint density at radius 2 is 1.81 bits per heavy atom. The second-order valence-corrected chi connectivity index (χ2v) is 9.53. The first-order chi connectivity index (χ1) is 15.6. The van der Waals surface area contributed by atoms with Gasteiger partial charge in [-0.1, -0.05) is 31.4 Å². The van der Waals surface area contributed by atoms with Gasteiger partial charge < -0.3 is 15.1 Å². The fourth-order valence-electron chi connectivity index (χ4n) is 4.87. The summed E-state index contributed by atoms with van der Waals surface area (Å²) in [5.74, 6) is 2.43. The van der Waals surface area contributed by atoms with Gasteiger partial charge in [-0.3, -0.25) is 9.69 Å². The number of anilines is 1. The van der Waals surface area contributed by atoms with Crippen molar-refractivity contribution in [3.63, 3.8) is 0 Å². The number of rotatable bonds is 8. The highest BCUT2D eigenvalue weighted by molar-refractivity contribution is 5.89. The molecule has 174 valence electrons. The Morgan fingerprint density at radius 3 is 2.56 bits per heavy atom. The zero-order valence-electron chi connectivity index (χ0n) is 19.7. The van der Waals surface area contributed by atoms with E-state index in [9.17, 15) is 4.79 Å². The van der Waals surface area contributed by atoms with E-state index in [0.717, 1.165) is 87.6 Å². The van der Waals surface area contributed by atoms with Gasteiger partial charge in [-0.25, -0.2) is 9.97 Å². The first kappa shape index (κ1) is 22.9. The molecule has 2 heterocycles. The molecule has 1 saturated heterocycles. The lowest BCUT2D eigenvalue weighted by molar-refractivity contribution is -0.138. The standard InChI is InChI=1S/C25H38N6O/c1-29(2)14-8-13-26-24-21-11-6-7-12-22(21)27-23(28-24)19-30-15-17-31(18-16-30)25(32)20-9-4-3-5-10-20/h6-7,11-12,20H,3-5,8-10,13-19H2,1-2H3,(H,26,27,28). The summed E-state index contributed by atoms with van der Waals surface area (Å²) < 4.78 is 0. The number of nitrogens with zero attached hydrogens (tertiary/aromatic N) is 5. The van der Waals surface area contributed by atoms with E-state index >= 15 is 0 Å². The van der Waals surface area contributed by atoms with Gasteiger partial charge in [0.05, 0.1) is 12.1 Å². The summed E-state index contributed by atoms with van der Waals surface area (Å²) in [6, 6.07) is 8.22. The number of para-hydroxylation sites is 1. The van der Waals surface area contributed by atoms with E-state index in [1.54, 1.807) is 0 Å². The number of benzene rings is 1. The SMILES string of the molecule is CN(C)CCCNc1nc(CN2CCN(C(=O)C3CCCCC3)CC2)nc2ccccc12. The molecule has 1 aromatic carbocycles. The highest BCUT2D eigenvalue weighted by Gasteiger charge is 2.28. The monoisotopic (exact) mass is 438 g/mol. The zero-order chi connectivity index (χ0) is 22.3. The maximum atomic E-state index is 12.8. The molecule has 4 rings (SSSR count). The third-order valence-corrected chi connectivity index (χ3v) is 6.73. The number of piperazine rings is 1. The van der Waals surface area contributed by atoms with Crippen LogP contribution in [0.1, 0.15) is 44.3 Å². The lowest BCUT2D eigenvalue weighted by Crippen LogP contribution is -2.50. The lowest BCUT2D eigenvalue weighted by Gasteiger charge is -2.36. The van der Waals surface area contributed by atoms with Crippen LogP contribution in [-0.4, -0.2) is 83.9 Å². The van der Waals surface area contributed by atoms with E-state index in [1.165, 1.54) is 19.3 Å². The number of hydrogen-bond donors (Lipinski definition) is 1. The Kier molecular flexibility index (Phi) is 7.92. The van der Waals surface area contributed by atoms with Crippen molar-refractivity contribution in [2.45, 2.75) is 45.1 Å². The maximum Gasteiger partial charge on any atom is 0.225 e. The fraction of sp³-hybridized carbons (Fsp3) is 0.640. The van der Waals surface area contributed by atoms with Crippen molar-refractivity contribution < 1.29 is 4.79 Å².